The van der Waals surface area contributed by atoms with E-state index in [4.69, 9.17) is 0 Å². The highest BCUT2D eigenvalue weighted by molar-refractivity contribution is 5.09. The summed E-state index contributed by atoms with van der Waals surface area (Å²) < 4.78 is 0. The summed E-state index contributed by atoms with van der Waals surface area (Å²) in [5.74, 6) is 0. The monoisotopic (exact) mass is 206 g/mol. The number of likely N-dealkylation sites (tertiary alicyclic amines) is 1. The third-order valence-corrected chi connectivity index (χ3v) is 3.25. The Morgan fingerprint density at radius 3 is 3.13 bits per heavy atom. The van der Waals surface area contributed by atoms with E-state index >= 15 is 0 Å². The average molecular weight is 206 g/mol. The highest BCUT2D eigenvalue weighted by Gasteiger charge is 2.28. The van der Waals surface area contributed by atoms with Crippen LogP contribution in [0.1, 0.15) is 31.5 Å². The lowest BCUT2D eigenvalue weighted by Gasteiger charge is -2.29. The van der Waals surface area contributed by atoms with Crippen LogP contribution in [0.25, 0.3) is 0 Å². The molecule has 1 saturated heterocycles. The third kappa shape index (κ3) is 2.19. The number of hydrogen-bond donors (Lipinski definition) is 1. The van der Waals surface area contributed by atoms with Crippen molar-refractivity contribution >= 4 is 0 Å². The van der Waals surface area contributed by atoms with Crippen molar-refractivity contribution in [3.63, 3.8) is 0 Å². The van der Waals surface area contributed by atoms with Gasteiger partial charge >= 0.3 is 0 Å². The van der Waals surface area contributed by atoms with Crippen LogP contribution < -0.4 is 0 Å². The van der Waals surface area contributed by atoms with Crippen LogP contribution in [0.5, 0.6) is 0 Å². The molecule has 1 aromatic heterocycles. The average Bonchev–Trinajstić information content (AvgIpc) is 2.77. The number of aliphatic hydroxyl groups excluding tert-OH is 1. The van der Waals surface area contributed by atoms with Gasteiger partial charge in [0, 0.05) is 18.3 Å². The van der Waals surface area contributed by atoms with Crippen LogP contribution in [-0.2, 0) is 0 Å². The van der Waals surface area contributed by atoms with Gasteiger partial charge in [0.05, 0.1) is 12.3 Å². The summed E-state index contributed by atoms with van der Waals surface area (Å²) in [6.07, 6.45) is 4.12. The fourth-order valence-corrected chi connectivity index (χ4v) is 2.36. The molecule has 0 bridgehead atoms. The molecule has 2 heterocycles. The van der Waals surface area contributed by atoms with Crippen LogP contribution in [0.4, 0.5) is 0 Å². The zero-order valence-electron chi connectivity index (χ0n) is 9.13. The smallest absolute Gasteiger partial charge is 0.0587 e. The van der Waals surface area contributed by atoms with Crippen molar-refractivity contribution in [3.05, 3.63) is 30.1 Å². The molecule has 0 amide bonds. The molecular weight excluding hydrogens is 188 g/mol. The lowest BCUT2D eigenvalue weighted by molar-refractivity contribution is 0.124. The Balaban J connectivity index is 2.10. The van der Waals surface area contributed by atoms with Crippen LogP contribution in [0, 0.1) is 0 Å². The first-order valence-electron chi connectivity index (χ1n) is 5.60. The number of aliphatic hydroxyl groups is 1. The normalized spacial score (nSPS) is 24.3. The lowest BCUT2D eigenvalue weighted by Crippen LogP contribution is -2.34. The molecule has 82 valence electrons. The largest absolute Gasteiger partial charge is 0.395 e. The molecule has 3 heteroatoms. The Morgan fingerprint density at radius 2 is 2.47 bits per heavy atom. The lowest BCUT2D eigenvalue weighted by atomic mass is 10.1. The van der Waals surface area contributed by atoms with E-state index < -0.39 is 0 Å². The van der Waals surface area contributed by atoms with Gasteiger partial charge in [-0.15, -0.1) is 0 Å². The number of pyridine rings is 1. The number of rotatable bonds is 3. The van der Waals surface area contributed by atoms with E-state index in [1.54, 1.807) is 0 Å². The maximum Gasteiger partial charge on any atom is 0.0587 e. The van der Waals surface area contributed by atoms with Crippen molar-refractivity contribution in [1.82, 2.24) is 9.88 Å². The fraction of sp³-hybridized carbons (Fsp3) is 0.583. The maximum absolute atomic E-state index is 9.27. The molecule has 1 aliphatic heterocycles. The topological polar surface area (TPSA) is 36.4 Å². The minimum absolute atomic E-state index is 0.261. The number of aromatic nitrogens is 1. The minimum atomic E-state index is 0.261. The molecule has 0 spiro atoms. The van der Waals surface area contributed by atoms with Gasteiger partial charge in [0.2, 0.25) is 0 Å². The van der Waals surface area contributed by atoms with Crippen molar-refractivity contribution in [2.24, 2.45) is 0 Å². The van der Waals surface area contributed by atoms with Crippen molar-refractivity contribution in [3.8, 4) is 0 Å². The zero-order chi connectivity index (χ0) is 10.7. The van der Waals surface area contributed by atoms with Gasteiger partial charge in [-0.3, -0.25) is 9.88 Å². The van der Waals surface area contributed by atoms with Gasteiger partial charge in [0.1, 0.15) is 0 Å². The van der Waals surface area contributed by atoms with Crippen molar-refractivity contribution < 1.29 is 5.11 Å². The van der Waals surface area contributed by atoms with Gasteiger partial charge in [-0.2, -0.15) is 0 Å². The molecule has 3 nitrogen and oxygen atoms in total. The standard InChI is InChI=1S/C12H18N2O/c1-10(12-6-2-3-7-13-12)14-8-4-5-11(14)9-15/h2-3,6-7,10-11,15H,4-5,8-9H2,1H3/t10-,11-/m0/s1. The molecule has 0 saturated carbocycles. The van der Waals surface area contributed by atoms with Gasteiger partial charge in [0.25, 0.3) is 0 Å². The van der Waals surface area contributed by atoms with Crippen LogP contribution in [0.15, 0.2) is 24.4 Å². The molecule has 2 rings (SSSR count). The molecule has 1 N–H and O–H groups in total. The third-order valence-electron chi connectivity index (χ3n) is 3.25. The molecule has 1 fully saturated rings. The molecule has 0 radical (unpaired) electrons. The molecule has 1 aliphatic rings. The van der Waals surface area contributed by atoms with E-state index in [0.29, 0.717) is 12.1 Å². The van der Waals surface area contributed by atoms with E-state index in [1.807, 2.05) is 18.3 Å². The first-order valence-corrected chi connectivity index (χ1v) is 5.60. The van der Waals surface area contributed by atoms with Crippen molar-refractivity contribution in [2.45, 2.75) is 31.8 Å². The molecular formula is C12H18N2O. The predicted molar refractivity (Wildman–Crippen MR) is 59.5 cm³/mol. The first-order chi connectivity index (χ1) is 7.33. The Kier molecular flexibility index (Phi) is 3.34. The van der Waals surface area contributed by atoms with Gasteiger partial charge < -0.3 is 5.11 Å². The Bertz CT molecular complexity index is 302. The van der Waals surface area contributed by atoms with E-state index in [9.17, 15) is 5.11 Å². The SMILES string of the molecule is C[C@@H](c1ccccn1)N1CCC[C@H]1CO. The summed E-state index contributed by atoms with van der Waals surface area (Å²) in [6.45, 7) is 3.50. The van der Waals surface area contributed by atoms with E-state index in [2.05, 4.69) is 22.9 Å². The predicted octanol–water partition coefficient (Wildman–Crippen LogP) is 1.60. The van der Waals surface area contributed by atoms with Gasteiger partial charge in [0.15, 0.2) is 0 Å². The summed E-state index contributed by atoms with van der Waals surface area (Å²) in [6, 6.07) is 6.64. The number of hydrogen-bond acceptors (Lipinski definition) is 3. The van der Waals surface area contributed by atoms with E-state index in [1.165, 1.54) is 6.42 Å². The molecule has 1 aromatic rings. The second kappa shape index (κ2) is 4.73. The van der Waals surface area contributed by atoms with Crippen LogP contribution >= 0.6 is 0 Å². The van der Waals surface area contributed by atoms with E-state index in [0.717, 1.165) is 18.7 Å². The first kappa shape index (κ1) is 10.6. The van der Waals surface area contributed by atoms with Crippen LogP contribution in [0.2, 0.25) is 0 Å². The zero-order valence-corrected chi connectivity index (χ0v) is 9.13. The van der Waals surface area contributed by atoms with Crippen molar-refractivity contribution in [2.75, 3.05) is 13.2 Å². The maximum atomic E-state index is 9.27. The summed E-state index contributed by atoms with van der Waals surface area (Å²) in [5.41, 5.74) is 1.10. The fourth-order valence-electron chi connectivity index (χ4n) is 2.36. The highest BCUT2D eigenvalue weighted by Crippen LogP contribution is 2.27. The van der Waals surface area contributed by atoms with E-state index in [-0.39, 0.29) is 6.61 Å². The number of nitrogens with zero attached hydrogens (tertiary/aromatic N) is 2. The van der Waals surface area contributed by atoms with Crippen LogP contribution in [-0.4, -0.2) is 34.2 Å². The molecule has 0 aliphatic carbocycles. The second-order valence-corrected chi connectivity index (χ2v) is 4.15. The molecule has 15 heavy (non-hydrogen) atoms. The molecule has 0 aromatic carbocycles. The van der Waals surface area contributed by atoms with Gasteiger partial charge in [-0.1, -0.05) is 6.07 Å². The summed E-state index contributed by atoms with van der Waals surface area (Å²) >= 11 is 0. The van der Waals surface area contributed by atoms with Gasteiger partial charge in [-0.05, 0) is 38.4 Å². The highest BCUT2D eigenvalue weighted by atomic mass is 16.3. The second-order valence-electron chi connectivity index (χ2n) is 4.15. The van der Waals surface area contributed by atoms with Crippen LogP contribution in [0.3, 0.4) is 0 Å². The Morgan fingerprint density at radius 1 is 1.60 bits per heavy atom. The summed E-state index contributed by atoms with van der Waals surface area (Å²) in [7, 11) is 0. The van der Waals surface area contributed by atoms with Crippen molar-refractivity contribution in [1.29, 1.82) is 0 Å². The minimum Gasteiger partial charge on any atom is -0.395 e. The summed E-state index contributed by atoms with van der Waals surface area (Å²) in [4.78, 5) is 6.72. The quantitative estimate of drug-likeness (QED) is 0.816. The molecule has 0 unspecified atom stereocenters. The Hall–Kier alpha value is -0.930. The summed E-state index contributed by atoms with van der Waals surface area (Å²) in [5, 5.41) is 9.27. The molecule has 2 atom stereocenters. The van der Waals surface area contributed by atoms with Gasteiger partial charge in [-0.25, -0.2) is 0 Å². The Labute approximate surface area is 90.8 Å².